The van der Waals surface area contributed by atoms with E-state index in [-0.39, 0.29) is 23.3 Å². The Morgan fingerprint density at radius 1 is 1.00 bits per heavy atom. The fourth-order valence-corrected chi connectivity index (χ4v) is 4.67. The molecule has 3 aromatic heterocycles. The van der Waals surface area contributed by atoms with Crippen LogP contribution in [0.4, 0.5) is 0 Å². The number of hydrogen-bond donors (Lipinski definition) is 1. The van der Waals surface area contributed by atoms with E-state index in [1.165, 1.54) is 4.57 Å². The number of aromatic amines is 1. The first-order valence-electron chi connectivity index (χ1n) is 12.5. The molecule has 6 aromatic rings. The highest BCUT2D eigenvalue weighted by molar-refractivity contribution is 5.97. The summed E-state index contributed by atoms with van der Waals surface area (Å²) in [5.74, 6) is 1.06. The van der Waals surface area contributed by atoms with E-state index in [4.69, 9.17) is 4.74 Å². The number of fused-ring (bicyclic) bond motifs is 1. The van der Waals surface area contributed by atoms with Crippen molar-refractivity contribution in [1.29, 1.82) is 0 Å². The molecule has 3 aromatic carbocycles. The maximum absolute atomic E-state index is 13.2. The maximum atomic E-state index is 13.2. The zero-order chi connectivity index (χ0) is 26.9. The average molecular weight is 516 g/mol. The molecule has 0 amide bonds. The zero-order valence-electron chi connectivity index (χ0n) is 21.5. The molecular weight excluding hydrogens is 490 g/mol. The molecule has 0 radical (unpaired) electrons. The van der Waals surface area contributed by atoms with Gasteiger partial charge in [0.05, 0.1) is 23.5 Å². The van der Waals surface area contributed by atoms with Crippen molar-refractivity contribution in [2.75, 3.05) is 0 Å². The zero-order valence-corrected chi connectivity index (χ0v) is 21.5. The number of pyridine rings is 1. The van der Waals surface area contributed by atoms with Gasteiger partial charge < -0.3 is 4.74 Å². The molecule has 3 heterocycles. The molecular formula is C31H25N5O3. The van der Waals surface area contributed by atoms with Crippen LogP contribution in [0.3, 0.4) is 0 Å². The van der Waals surface area contributed by atoms with Crippen LogP contribution in [0.5, 0.6) is 11.5 Å². The van der Waals surface area contributed by atoms with Gasteiger partial charge in [0.25, 0.3) is 5.56 Å². The first kappa shape index (κ1) is 24.1. The number of carbonyl (C=O) groups excluding carboxylic acids is 1. The van der Waals surface area contributed by atoms with E-state index in [1.54, 1.807) is 24.7 Å². The van der Waals surface area contributed by atoms with Gasteiger partial charge in [-0.05, 0) is 60.5 Å². The third-order valence-corrected chi connectivity index (χ3v) is 6.66. The van der Waals surface area contributed by atoms with E-state index in [0.717, 1.165) is 38.8 Å². The Morgan fingerprint density at radius 3 is 2.54 bits per heavy atom. The Balaban J connectivity index is 1.25. The Kier molecular flexibility index (Phi) is 6.13. The molecule has 0 bridgehead atoms. The fraction of sp³-hybridized carbons (Fsp3) is 0.0968. The number of nitrogens with one attached hydrogen (secondary N) is 1. The molecule has 1 N–H and O–H groups in total. The van der Waals surface area contributed by atoms with Crippen molar-refractivity contribution >= 4 is 16.7 Å². The third-order valence-electron chi connectivity index (χ3n) is 6.66. The van der Waals surface area contributed by atoms with Gasteiger partial charge in [0.2, 0.25) is 0 Å². The van der Waals surface area contributed by atoms with Crippen molar-refractivity contribution in [3.05, 3.63) is 125 Å². The van der Waals surface area contributed by atoms with E-state index in [0.29, 0.717) is 11.5 Å². The lowest BCUT2D eigenvalue weighted by Gasteiger charge is -2.12. The summed E-state index contributed by atoms with van der Waals surface area (Å²) in [6, 6.07) is 22.3. The van der Waals surface area contributed by atoms with Crippen LogP contribution < -0.4 is 10.3 Å². The van der Waals surface area contributed by atoms with E-state index in [9.17, 15) is 9.59 Å². The van der Waals surface area contributed by atoms with Gasteiger partial charge in [-0.1, -0.05) is 30.3 Å². The second-order valence-corrected chi connectivity index (χ2v) is 9.45. The van der Waals surface area contributed by atoms with Crippen LogP contribution in [0.2, 0.25) is 0 Å². The van der Waals surface area contributed by atoms with Crippen LogP contribution in [-0.4, -0.2) is 30.3 Å². The largest absolute Gasteiger partial charge is 0.457 e. The molecule has 0 saturated heterocycles. The van der Waals surface area contributed by atoms with Crippen molar-refractivity contribution < 1.29 is 9.53 Å². The van der Waals surface area contributed by atoms with Crippen LogP contribution in [0.1, 0.15) is 21.5 Å². The molecule has 8 heteroatoms. The summed E-state index contributed by atoms with van der Waals surface area (Å²) in [7, 11) is 1.90. The van der Waals surface area contributed by atoms with Gasteiger partial charge in [-0.25, -0.2) is 0 Å². The quantitative estimate of drug-likeness (QED) is 0.278. The lowest BCUT2D eigenvalue weighted by Crippen LogP contribution is -2.26. The highest BCUT2D eigenvalue weighted by Crippen LogP contribution is 2.36. The summed E-state index contributed by atoms with van der Waals surface area (Å²) < 4.78 is 9.62. The molecule has 0 unspecified atom stereocenters. The monoisotopic (exact) mass is 515 g/mol. The predicted octanol–water partition coefficient (Wildman–Crippen LogP) is 5.64. The Bertz CT molecular complexity index is 1850. The number of Topliss-reactive ketones (excluding diaryl/α,β-unsaturated/α-hetero) is 1. The highest BCUT2D eigenvalue weighted by atomic mass is 16.5. The molecule has 0 spiro atoms. The molecule has 39 heavy (non-hydrogen) atoms. The van der Waals surface area contributed by atoms with Crippen molar-refractivity contribution in [3.63, 3.8) is 0 Å². The molecule has 0 aliphatic rings. The fourth-order valence-electron chi connectivity index (χ4n) is 4.67. The number of hydrogen-bond acceptors (Lipinski definition) is 5. The minimum absolute atomic E-state index is 0.107. The van der Waals surface area contributed by atoms with Crippen LogP contribution >= 0.6 is 0 Å². The number of aryl methyl sites for hydroxylation is 2. The van der Waals surface area contributed by atoms with Gasteiger partial charge in [0, 0.05) is 48.1 Å². The number of ether oxygens (including phenoxy) is 1. The molecule has 0 fully saturated rings. The minimum atomic E-state index is -0.325. The first-order chi connectivity index (χ1) is 19.0. The highest BCUT2D eigenvalue weighted by Gasteiger charge is 2.16. The Hall–Kier alpha value is -5.24. The molecule has 0 aliphatic heterocycles. The number of rotatable bonds is 7. The number of benzene rings is 3. The third kappa shape index (κ3) is 4.75. The molecule has 0 aliphatic carbocycles. The van der Waals surface area contributed by atoms with Gasteiger partial charge >= 0.3 is 0 Å². The van der Waals surface area contributed by atoms with E-state index in [1.807, 2.05) is 91.6 Å². The average Bonchev–Trinajstić information content (AvgIpc) is 3.61. The standard InChI is InChI=1S/C31H25N5O3/c1-20-12-27(31(38)36(19-20)24-6-4-3-5-7-24)29(37)13-21-8-10-25(11-9-21)39-30-14-22-18-34-35(2)28(22)15-26(30)23-16-32-33-17-23/h3-12,14-19H,13H2,1-2H3,(H,32,33). The van der Waals surface area contributed by atoms with Crippen LogP contribution in [-0.2, 0) is 13.5 Å². The predicted molar refractivity (Wildman–Crippen MR) is 150 cm³/mol. The van der Waals surface area contributed by atoms with E-state index >= 15 is 0 Å². The summed E-state index contributed by atoms with van der Waals surface area (Å²) in [6.45, 7) is 1.88. The summed E-state index contributed by atoms with van der Waals surface area (Å²) in [5, 5.41) is 12.2. The normalized spacial score (nSPS) is 11.1. The molecule has 0 atom stereocenters. The second kappa shape index (κ2) is 9.90. The van der Waals surface area contributed by atoms with E-state index in [2.05, 4.69) is 15.3 Å². The SMILES string of the molecule is Cc1cc(C(=O)Cc2ccc(Oc3cc4cnn(C)c4cc3-c3cn[nH]c3)cc2)c(=O)n(-c2ccccc2)c1. The number of nitrogens with zero attached hydrogens (tertiary/aromatic N) is 4. The Morgan fingerprint density at radius 2 is 1.79 bits per heavy atom. The number of H-pyrrole nitrogens is 1. The lowest BCUT2D eigenvalue weighted by molar-refractivity contribution is 0.0991. The van der Waals surface area contributed by atoms with Gasteiger partial charge in [-0.3, -0.25) is 23.9 Å². The smallest absolute Gasteiger partial charge is 0.265 e. The minimum Gasteiger partial charge on any atom is -0.457 e. The summed E-state index contributed by atoms with van der Waals surface area (Å²) in [6.07, 6.45) is 7.22. The van der Waals surface area contributed by atoms with Gasteiger partial charge in [-0.15, -0.1) is 0 Å². The summed E-state index contributed by atoms with van der Waals surface area (Å²) in [4.78, 5) is 26.3. The van der Waals surface area contributed by atoms with Crippen LogP contribution in [0.15, 0.2) is 102 Å². The van der Waals surface area contributed by atoms with Crippen molar-refractivity contribution in [3.8, 4) is 28.3 Å². The lowest BCUT2D eigenvalue weighted by atomic mass is 10.0. The van der Waals surface area contributed by atoms with Gasteiger partial charge in [0.15, 0.2) is 5.78 Å². The first-order valence-corrected chi connectivity index (χ1v) is 12.5. The molecule has 6 rings (SSSR count). The van der Waals surface area contributed by atoms with Crippen LogP contribution in [0.25, 0.3) is 27.7 Å². The van der Waals surface area contributed by atoms with Gasteiger partial charge in [-0.2, -0.15) is 10.2 Å². The van der Waals surface area contributed by atoms with Gasteiger partial charge in [0.1, 0.15) is 11.5 Å². The number of aromatic nitrogens is 5. The van der Waals surface area contributed by atoms with Crippen molar-refractivity contribution in [2.24, 2.45) is 7.05 Å². The molecule has 192 valence electrons. The van der Waals surface area contributed by atoms with Crippen molar-refractivity contribution in [1.82, 2.24) is 24.5 Å². The summed E-state index contributed by atoms with van der Waals surface area (Å²) >= 11 is 0. The van der Waals surface area contributed by atoms with Crippen molar-refractivity contribution in [2.45, 2.75) is 13.3 Å². The second-order valence-electron chi connectivity index (χ2n) is 9.45. The maximum Gasteiger partial charge on any atom is 0.265 e. The number of para-hydroxylation sites is 1. The summed E-state index contributed by atoms with van der Waals surface area (Å²) in [5.41, 5.74) is 4.96. The topological polar surface area (TPSA) is 94.8 Å². The van der Waals surface area contributed by atoms with E-state index < -0.39 is 0 Å². The number of carbonyl (C=O) groups is 1. The molecule has 0 saturated carbocycles. The van der Waals surface area contributed by atoms with Crippen LogP contribution in [0, 0.1) is 6.92 Å². The number of ketones is 1. The molecule has 8 nitrogen and oxygen atoms in total. The Labute approximate surface area is 224 Å².